The predicted octanol–water partition coefficient (Wildman–Crippen LogP) is 3.80. The molecule has 0 atom stereocenters. The monoisotopic (exact) mass is 396 g/mol. The highest BCUT2D eigenvalue weighted by Crippen LogP contribution is 2.26. The van der Waals surface area contributed by atoms with Crippen molar-refractivity contribution < 1.29 is 4.79 Å². The molecule has 4 rings (SSSR count). The number of amides is 1. The first-order valence-corrected chi connectivity index (χ1v) is 9.01. The van der Waals surface area contributed by atoms with Crippen molar-refractivity contribution in [3.63, 3.8) is 0 Å². The van der Waals surface area contributed by atoms with E-state index in [1.807, 2.05) is 48.2 Å². The number of carbonyl (C=O) groups excluding carboxylic acids is 1. The van der Waals surface area contributed by atoms with Gasteiger partial charge in [0.15, 0.2) is 0 Å². The second kappa shape index (κ2) is 6.15. The van der Waals surface area contributed by atoms with Crippen LogP contribution in [-0.4, -0.2) is 22.3 Å². The molecule has 0 fully saturated rings. The van der Waals surface area contributed by atoms with E-state index in [9.17, 15) is 9.59 Å². The number of aromatic amines is 1. The molecule has 4 nitrogen and oxygen atoms in total. The molecular weight excluding hydrogens is 380 g/mol. The summed E-state index contributed by atoms with van der Waals surface area (Å²) in [5.41, 5.74) is 4.49. The second-order valence-electron chi connectivity index (χ2n) is 6.45. The molecule has 0 unspecified atom stereocenters. The normalized spacial score (nSPS) is 13.8. The third-order valence-electron chi connectivity index (χ3n) is 4.75. The van der Waals surface area contributed by atoms with Gasteiger partial charge in [-0.1, -0.05) is 12.1 Å². The number of aromatic nitrogens is 1. The van der Waals surface area contributed by atoms with Gasteiger partial charge in [0.2, 0.25) is 0 Å². The fourth-order valence-corrected chi connectivity index (χ4v) is 3.81. The molecular formula is C20H17BrN2O2. The Bertz CT molecular complexity index is 1060. The van der Waals surface area contributed by atoms with Gasteiger partial charge < -0.3 is 9.88 Å². The van der Waals surface area contributed by atoms with Crippen molar-refractivity contribution in [2.45, 2.75) is 19.9 Å². The quantitative estimate of drug-likeness (QED) is 0.679. The van der Waals surface area contributed by atoms with Crippen LogP contribution in [0.3, 0.4) is 0 Å². The Morgan fingerprint density at radius 3 is 2.76 bits per heavy atom. The van der Waals surface area contributed by atoms with Crippen LogP contribution < -0.4 is 5.56 Å². The Labute approximate surface area is 153 Å². The topological polar surface area (TPSA) is 53.2 Å². The van der Waals surface area contributed by atoms with Crippen LogP contribution in [0.5, 0.6) is 0 Å². The zero-order chi connectivity index (χ0) is 17.6. The van der Waals surface area contributed by atoms with Crippen molar-refractivity contribution >= 4 is 32.7 Å². The van der Waals surface area contributed by atoms with E-state index in [-0.39, 0.29) is 11.5 Å². The Morgan fingerprint density at radius 1 is 1.16 bits per heavy atom. The average Bonchev–Trinajstić information content (AvgIpc) is 2.60. The predicted molar refractivity (Wildman–Crippen MR) is 102 cm³/mol. The maximum absolute atomic E-state index is 12.8. The minimum atomic E-state index is -0.0654. The van der Waals surface area contributed by atoms with Crippen LogP contribution in [0.4, 0.5) is 0 Å². The molecule has 0 radical (unpaired) electrons. The lowest BCUT2D eigenvalue weighted by Gasteiger charge is -2.29. The standard InChI is InChI=1S/C20H17BrN2O2/c1-12-8-14-9-13-6-7-23(11-15(13)10-18(14)22-19(12)24)20(25)16-4-2-3-5-17(16)21/h2-5,8-10H,6-7,11H2,1H3,(H,22,24). The maximum atomic E-state index is 12.8. The van der Waals surface area contributed by atoms with Crippen molar-refractivity contribution in [3.8, 4) is 0 Å². The van der Waals surface area contributed by atoms with E-state index in [0.717, 1.165) is 27.4 Å². The van der Waals surface area contributed by atoms with Crippen molar-refractivity contribution in [2.24, 2.45) is 0 Å². The van der Waals surface area contributed by atoms with Gasteiger partial charge in [0.25, 0.3) is 11.5 Å². The van der Waals surface area contributed by atoms with Crippen molar-refractivity contribution in [3.05, 3.63) is 79.5 Å². The number of carbonyl (C=O) groups is 1. The molecule has 2 heterocycles. The van der Waals surface area contributed by atoms with Gasteiger partial charge in [0, 0.05) is 28.6 Å². The number of hydrogen-bond acceptors (Lipinski definition) is 2. The molecule has 1 aliphatic heterocycles. The minimum Gasteiger partial charge on any atom is -0.334 e. The molecule has 0 aliphatic carbocycles. The summed E-state index contributed by atoms with van der Waals surface area (Å²) in [5, 5.41) is 1.04. The lowest BCUT2D eigenvalue weighted by atomic mass is 9.96. The van der Waals surface area contributed by atoms with Crippen LogP contribution >= 0.6 is 15.9 Å². The summed E-state index contributed by atoms with van der Waals surface area (Å²) >= 11 is 3.46. The third-order valence-corrected chi connectivity index (χ3v) is 5.45. The van der Waals surface area contributed by atoms with E-state index in [1.165, 1.54) is 5.56 Å². The summed E-state index contributed by atoms with van der Waals surface area (Å²) in [7, 11) is 0. The molecule has 3 aromatic rings. The number of aryl methyl sites for hydroxylation is 1. The molecule has 25 heavy (non-hydrogen) atoms. The molecule has 0 saturated carbocycles. The molecule has 0 saturated heterocycles. The van der Waals surface area contributed by atoms with E-state index in [4.69, 9.17) is 0 Å². The summed E-state index contributed by atoms with van der Waals surface area (Å²) in [6.07, 6.45) is 0.819. The Hall–Kier alpha value is -2.40. The number of pyridine rings is 1. The first kappa shape index (κ1) is 16.1. The number of halogens is 1. The van der Waals surface area contributed by atoms with Gasteiger partial charge >= 0.3 is 0 Å². The first-order valence-electron chi connectivity index (χ1n) is 8.22. The Morgan fingerprint density at radius 2 is 1.96 bits per heavy atom. The van der Waals surface area contributed by atoms with Gasteiger partial charge in [-0.05, 0) is 76.1 Å². The zero-order valence-electron chi connectivity index (χ0n) is 13.8. The lowest BCUT2D eigenvalue weighted by molar-refractivity contribution is 0.0734. The van der Waals surface area contributed by atoms with Gasteiger partial charge in [-0.2, -0.15) is 0 Å². The highest BCUT2D eigenvalue weighted by Gasteiger charge is 2.23. The Balaban J connectivity index is 1.70. The van der Waals surface area contributed by atoms with Crippen LogP contribution in [0.2, 0.25) is 0 Å². The van der Waals surface area contributed by atoms with Crippen LogP contribution in [-0.2, 0) is 13.0 Å². The zero-order valence-corrected chi connectivity index (χ0v) is 15.4. The summed E-state index contributed by atoms with van der Waals surface area (Å²) < 4.78 is 0.809. The first-order chi connectivity index (χ1) is 12.0. The van der Waals surface area contributed by atoms with E-state index < -0.39 is 0 Å². The second-order valence-corrected chi connectivity index (χ2v) is 7.30. The van der Waals surface area contributed by atoms with E-state index >= 15 is 0 Å². The summed E-state index contributed by atoms with van der Waals surface area (Å²) in [5.74, 6) is 0.0237. The van der Waals surface area contributed by atoms with Gasteiger partial charge in [-0.25, -0.2) is 0 Å². The summed E-state index contributed by atoms with van der Waals surface area (Å²) in [6, 6.07) is 13.5. The number of H-pyrrole nitrogens is 1. The molecule has 126 valence electrons. The maximum Gasteiger partial charge on any atom is 0.255 e. The average molecular weight is 397 g/mol. The fraction of sp³-hybridized carbons (Fsp3) is 0.200. The van der Waals surface area contributed by atoms with Crippen molar-refractivity contribution in [2.75, 3.05) is 6.54 Å². The number of nitrogens with zero attached hydrogens (tertiary/aromatic N) is 1. The number of fused-ring (bicyclic) bond motifs is 2. The molecule has 1 amide bonds. The SMILES string of the molecule is Cc1cc2cc3c(cc2[nH]c1=O)CN(C(=O)c1ccccc1Br)CC3. The molecule has 0 spiro atoms. The summed E-state index contributed by atoms with van der Waals surface area (Å²) in [4.78, 5) is 29.5. The van der Waals surface area contributed by atoms with Crippen LogP contribution in [0.1, 0.15) is 27.0 Å². The third kappa shape index (κ3) is 2.89. The van der Waals surface area contributed by atoms with Gasteiger partial charge in [-0.15, -0.1) is 0 Å². The van der Waals surface area contributed by atoms with Crippen LogP contribution in [0.25, 0.3) is 10.9 Å². The van der Waals surface area contributed by atoms with E-state index in [0.29, 0.717) is 24.2 Å². The number of benzene rings is 2. The van der Waals surface area contributed by atoms with Gasteiger partial charge in [0.05, 0.1) is 5.56 Å². The van der Waals surface area contributed by atoms with Gasteiger partial charge in [-0.3, -0.25) is 9.59 Å². The largest absolute Gasteiger partial charge is 0.334 e. The van der Waals surface area contributed by atoms with Gasteiger partial charge in [0.1, 0.15) is 0 Å². The number of rotatable bonds is 1. The highest BCUT2D eigenvalue weighted by molar-refractivity contribution is 9.10. The minimum absolute atomic E-state index is 0.0237. The van der Waals surface area contributed by atoms with E-state index in [2.05, 4.69) is 27.0 Å². The van der Waals surface area contributed by atoms with Crippen LogP contribution in [0, 0.1) is 6.92 Å². The van der Waals surface area contributed by atoms with Crippen molar-refractivity contribution in [1.29, 1.82) is 0 Å². The fourth-order valence-electron chi connectivity index (χ4n) is 3.35. The highest BCUT2D eigenvalue weighted by atomic mass is 79.9. The molecule has 1 aliphatic rings. The molecule has 0 bridgehead atoms. The molecule has 1 N–H and O–H groups in total. The lowest BCUT2D eigenvalue weighted by Crippen LogP contribution is -2.36. The van der Waals surface area contributed by atoms with Crippen molar-refractivity contribution in [1.82, 2.24) is 9.88 Å². The number of hydrogen-bond donors (Lipinski definition) is 1. The van der Waals surface area contributed by atoms with Crippen LogP contribution in [0.15, 0.2) is 51.7 Å². The number of nitrogens with one attached hydrogen (secondary N) is 1. The Kier molecular flexibility index (Phi) is 3.96. The molecule has 2 aromatic carbocycles. The smallest absolute Gasteiger partial charge is 0.255 e. The molecule has 1 aromatic heterocycles. The van der Waals surface area contributed by atoms with E-state index in [1.54, 1.807) is 0 Å². The summed E-state index contributed by atoms with van der Waals surface area (Å²) in [6.45, 7) is 3.07. The molecule has 5 heteroatoms.